The molecule has 0 aliphatic heterocycles. The molecule has 0 amide bonds. The van der Waals surface area contributed by atoms with Gasteiger partial charge in [0.25, 0.3) is 0 Å². The highest BCUT2D eigenvalue weighted by Crippen LogP contribution is 2.31. The minimum Gasteiger partial charge on any atom is -0.383 e. The Morgan fingerprint density at radius 1 is 1.10 bits per heavy atom. The summed E-state index contributed by atoms with van der Waals surface area (Å²) in [6, 6.07) is 12.7. The van der Waals surface area contributed by atoms with E-state index in [1.807, 2.05) is 0 Å². The third-order valence-electron chi connectivity index (χ3n) is 3.23. The minimum absolute atomic E-state index is 0.125. The van der Waals surface area contributed by atoms with E-state index in [1.54, 1.807) is 7.11 Å². The summed E-state index contributed by atoms with van der Waals surface area (Å²) in [5.74, 6) is 3.58. The Labute approximate surface area is 136 Å². The Hall–Kier alpha value is -1.08. The monoisotopic (exact) mass is 360 g/mol. The summed E-state index contributed by atoms with van der Waals surface area (Å²) in [6.45, 7) is 7.43. The van der Waals surface area contributed by atoms with Gasteiger partial charge in [0.05, 0.1) is 12.5 Å². The Morgan fingerprint density at radius 2 is 1.76 bits per heavy atom. The van der Waals surface area contributed by atoms with E-state index in [9.17, 15) is 0 Å². The molecule has 0 radical (unpaired) electrons. The fourth-order valence-corrected chi connectivity index (χ4v) is 3.35. The third kappa shape index (κ3) is 4.20. The van der Waals surface area contributed by atoms with Gasteiger partial charge < -0.3 is 4.74 Å². The number of methoxy groups -OCH3 is 1. The zero-order valence-corrected chi connectivity index (χ0v) is 15.6. The molecule has 0 aliphatic rings. The molecule has 21 heavy (non-hydrogen) atoms. The van der Waals surface area contributed by atoms with E-state index in [2.05, 4.69) is 83.4 Å². The first kappa shape index (κ1) is 16.3. The molecule has 0 aliphatic carbocycles. The van der Waals surface area contributed by atoms with Crippen LogP contribution < -0.4 is 0 Å². The van der Waals surface area contributed by atoms with Crippen LogP contribution in [0.2, 0.25) is 19.6 Å². The molecule has 1 nitrogen and oxygen atoms in total. The maximum absolute atomic E-state index is 5.40. The predicted molar refractivity (Wildman–Crippen MR) is 97.4 cm³/mol. The highest BCUT2D eigenvalue weighted by molar-refractivity contribution is 9.10. The topological polar surface area (TPSA) is 9.23 Å². The van der Waals surface area contributed by atoms with Gasteiger partial charge in [0.1, 0.15) is 8.07 Å². The van der Waals surface area contributed by atoms with Crippen LogP contribution in [-0.4, -0.2) is 21.8 Å². The average Bonchev–Trinajstić information content (AvgIpc) is 2.44. The molecule has 0 bridgehead atoms. The molecule has 2 aromatic rings. The Kier molecular flexibility index (Phi) is 5.26. The summed E-state index contributed by atoms with van der Waals surface area (Å²) in [6.07, 6.45) is 0. The van der Waals surface area contributed by atoms with Crippen LogP contribution in [0, 0.1) is 11.5 Å². The lowest BCUT2D eigenvalue weighted by atomic mass is 9.94. The second-order valence-corrected chi connectivity index (χ2v) is 11.8. The molecular weight excluding hydrogens is 340 g/mol. The van der Waals surface area contributed by atoms with Gasteiger partial charge in [-0.3, -0.25) is 0 Å². The Balaban J connectivity index is 2.55. The molecule has 2 rings (SSSR count). The number of hydrogen-bond donors (Lipinski definition) is 0. The number of ether oxygens (including phenoxy) is 1. The van der Waals surface area contributed by atoms with Crippen molar-refractivity contribution in [2.75, 3.05) is 13.7 Å². The highest BCUT2D eigenvalue weighted by Gasteiger charge is 2.15. The van der Waals surface area contributed by atoms with Gasteiger partial charge in [0, 0.05) is 11.6 Å². The number of halogens is 1. The zero-order valence-electron chi connectivity index (χ0n) is 13.0. The third-order valence-corrected chi connectivity index (χ3v) is 4.82. The van der Waals surface area contributed by atoms with E-state index >= 15 is 0 Å². The second kappa shape index (κ2) is 6.78. The number of benzene rings is 2. The van der Waals surface area contributed by atoms with E-state index in [4.69, 9.17) is 4.74 Å². The molecule has 0 heterocycles. The lowest BCUT2D eigenvalue weighted by molar-refractivity contribution is 0.193. The van der Waals surface area contributed by atoms with Crippen molar-refractivity contribution in [1.29, 1.82) is 0 Å². The molecule has 3 heteroatoms. The fraction of sp³-hybridized carbons (Fsp3) is 0.333. The molecule has 0 spiro atoms. The quantitative estimate of drug-likeness (QED) is 0.538. The van der Waals surface area contributed by atoms with Crippen LogP contribution in [0.1, 0.15) is 11.5 Å². The van der Waals surface area contributed by atoms with Gasteiger partial charge in [0.15, 0.2) is 0 Å². The van der Waals surface area contributed by atoms with E-state index in [1.165, 1.54) is 16.3 Å². The lowest BCUT2D eigenvalue weighted by Crippen LogP contribution is -2.17. The fourth-order valence-electron chi connectivity index (χ4n) is 2.27. The van der Waals surface area contributed by atoms with Crippen LogP contribution in [-0.2, 0) is 4.74 Å². The summed E-state index contributed by atoms with van der Waals surface area (Å²) >= 11 is 3.63. The zero-order chi connectivity index (χ0) is 15.5. The van der Waals surface area contributed by atoms with Crippen molar-refractivity contribution in [3.8, 4) is 11.5 Å². The van der Waals surface area contributed by atoms with E-state index in [0.29, 0.717) is 6.61 Å². The van der Waals surface area contributed by atoms with Gasteiger partial charge in [-0.2, -0.15) is 0 Å². The molecule has 1 unspecified atom stereocenters. The SMILES string of the molecule is COCC(C#C[Si](C)(C)C)c1ccc(Br)c2ccccc12. The second-order valence-electron chi connectivity index (χ2n) is 6.21. The number of rotatable bonds is 3. The summed E-state index contributed by atoms with van der Waals surface area (Å²) in [5.41, 5.74) is 4.73. The van der Waals surface area contributed by atoms with Crippen LogP contribution >= 0.6 is 15.9 Å². The van der Waals surface area contributed by atoms with Crippen LogP contribution in [0.15, 0.2) is 40.9 Å². The van der Waals surface area contributed by atoms with Crippen LogP contribution in [0.5, 0.6) is 0 Å². The van der Waals surface area contributed by atoms with Gasteiger partial charge in [-0.05, 0) is 22.4 Å². The molecule has 0 aromatic heterocycles. The first-order valence-electron chi connectivity index (χ1n) is 7.11. The van der Waals surface area contributed by atoms with Crippen LogP contribution in [0.25, 0.3) is 10.8 Å². The van der Waals surface area contributed by atoms with Gasteiger partial charge in [0.2, 0.25) is 0 Å². The van der Waals surface area contributed by atoms with Crippen molar-refractivity contribution < 1.29 is 4.74 Å². The molecule has 2 aromatic carbocycles. The standard InChI is InChI=1S/C18H21BrOSi/c1-20-13-14(11-12-21(2,3)4)15-9-10-18(19)17-8-6-5-7-16(15)17/h5-10,14H,13H2,1-4H3. The molecular formula is C18H21BrOSi. The largest absolute Gasteiger partial charge is 0.383 e. The smallest absolute Gasteiger partial charge is 0.129 e. The van der Waals surface area contributed by atoms with Gasteiger partial charge in [-0.1, -0.05) is 71.8 Å². The molecule has 1 atom stereocenters. The summed E-state index contributed by atoms with van der Waals surface area (Å²) in [5, 5.41) is 2.48. The summed E-state index contributed by atoms with van der Waals surface area (Å²) in [7, 11) is 0.354. The first-order chi connectivity index (χ1) is 9.92. The van der Waals surface area contributed by atoms with Crippen molar-refractivity contribution in [2.24, 2.45) is 0 Å². The Morgan fingerprint density at radius 3 is 2.38 bits per heavy atom. The maximum Gasteiger partial charge on any atom is 0.129 e. The molecule has 0 saturated carbocycles. The number of hydrogen-bond acceptors (Lipinski definition) is 1. The lowest BCUT2D eigenvalue weighted by Gasteiger charge is -2.15. The van der Waals surface area contributed by atoms with Crippen molar-refractivity contribution in [3.63, 3.8) is 0 Å². The minimum atomic E-state index is -1.39. The molecule has 110 valence electrons. The van der Waals surface area contributed by atoms with Gasteiger partial charge in [-0.15, -0.1) is 5.54 Å². The van der Waals surface area contributed by atoms with Crippen LogP contribution in [0.3, 0.4) is 0 Å². The van der Waals surface area contributed by atoms with Crippen molar-refractivity contribution in [2.45, 2.75) is 25.6 Å². The van der Waals surface area contributed by atoms with E-state index in [0.717, 1.165) is 4.47 Å². The molecule has 0 fully saturated rings. The normalized spacial score (nSPS) is 12.8. The Bertz CT molecular complexity index is 692. The summed E-state index contributed by atoms with van der Waals surface area (Å²) in [4.78, 5) is 0. The molecule has 0 saturated heterocycles. The van der Waals surface area contributed by atoms with Crippen molar-refractivity contribution >= 4 is 34.8 Å². The van der Waals surface area contributed by atoms with Crippen molar-refractivity contribution in [3.05, 3.63) is 46.4 Å². The highest BCUT2D eigenvalue weighted by atomic mass is 79.9. The summed E-state index contributed by atoms with van der Waals surface area (Å²) < 4.78 is 6.53. The van der Waals surface area contributed by atoms with E-state index in [-0.39, 0.29) is 5.92 Å². The predicted octanol–water partition coefficient (Wildman–Crippen LogP) is 5.21. The average molecular weight is 361 g/mol. The maximum atomic E-state index is 5.40. The molecule has 0 N–H and O–H groups in total. The number of fused-ring (bicyclic) bond motifs is 1. The van der Waals surface area contributed by atoms with Gasteiger partial charge >= 0.3 is 0 Å². The first-order valence-corrected chi connectivity index (χ1v) is 11.4. The van der Waals surface area contributed by atoms with Crippen molar-refractivity contribution in [1.82, 2.24) is 0 Å². The van der Waals surface area contributed by atoms with Gasteiger partial charge in [-0.25, -0.2) is 0 Å². The van der Waals surface area contributed by atoms with Crippen LogP contribution in [0.4, 0.5) is 0 Å². The van der Waals surface area contributed by atoms with E-state index < -0.39 is 8.07 Å².